The maximum absolute atomic E-state index is 12.5. The fourth-order valence-corrected chi connectivity index (χ4v) is 5.12. The molecule has 18 heavy (non-hydrogen) atoms. The third-order valence-corrected chi connectivity index (χ3v) is 6.90. The van der Waals surface area contributed by atoms with Gasteiger partial charge in [0, 0.05) is 30.3 Å². The summed E-state index contributed by atoms with van der Waals surface area (Å²) in [5, 5.41) is -0.802. The van der Waals surface area contributed by atoms with Gasteiger partial charge in [-0.2, -0.15) is 24.9 Å². The molecule has 0 bridgehead atoms. The normalized spacial score (nSPS) is 25.1. The molecular weight excluding hydrogens is 355 g/mol. The molecule has 0 amide bonds. The highest BCUT2D eigenvalue weighted by Crippen LogP contribution is 2.30. The monoisotopic (exact) mass is 369 g/mol. The van der Waals surface area contributed by atoms with E-state index in [9.17, 15) is 21.6 Å². The Hall–Kier alpha value is 0.530. The second kappa shape index (κ2) is 6.32. The van der Waals surface area contributed by atoms with E-state index in [-0.39, 0.29) is 12.3 Å². The van der Waals surface area contributed by atoms with Crippen LogP contribution in [0.4, 0.5) is 13.2 Å². The van der Waals surface area contributed by atoms with E-state index in [1.807, 2.05) is 0 Å². The molecule has 1 aliphatic rings. The van der Waals surface area contributed by atoms with Crippen molar-refractivity contribution in [1.29, 1.82) is 0 Å². The van der Waals surface area contributed by atoms with Crippen molar-refractivity contribution in [2.45, 2.75) is 23.3 Å². The van der Waals surface area contributed by atoms with Crippen LogP contribution < -0.4 is 0 Å². The molecular formula is C9H15BrF3NO2S2. The van der Waals surface area contributed by atoms with E-state index in [1.54, 1.807) is 0 Å². The van der Waals surface area contributed by atoms with Gasteiger partial charge in [-0.25, -0.2) is 8.42 Å². The number of sulfone groups is 1. The molecule has 1 fully saturated rings. The first-order chi connectivity index (χ1) is 8.18. The van der Waals surface area contributed by atoms with Gasteiger partial charge in [-0.1, -0.05) is 22.9 Å². The predicted octanol–water partition coefficient (Wildman–Crippen LogP) is 2.12. The molecule has 1 rings (SSSR count). The summed E-state index contributed by atoms with van der Waals surface area (Å²) in [4.78, 5) is -0.273. The Bertz CT molecular complexity index is 374. The summed E-state index contributed by atoms with van der Waals surface area (Å²) in [6.07, 6.45) is -4.36. The van der Waals surface area contributed by atoms with Crippen LogP contribution in [0.1, 0.15) is 6.92 Å². The molecule has 0 aromatic rings. The minimum absolute atomic E-state index is 0.0479. The molecule has 1 aliphatic heterocycles. The zero-order valence-electron chi connectivity index (χ0n) is 9.78. The molecule has 9 heteroatoms. The molecule has 0 aromatic carbocycles. The summed E-state index contributed by atoms with van der Waals surface area (Å²) in [5.41, 5.74) is 0. The van der Waals surface area contributed by atoms with Crippen molar-refractivity contribution in [3.63, 3.8) is 0 Å². The predicted molar refractivity (Wildman–Crippen MR) is 70.9 cm³/mol. The first kappa shape index (κ1) is 16.6. The van der Waals surface area contributed by atoms with E-state index in [2.05, 4.69) is 15.9 Å². The highest BCUT2D eigenvalue weighted by Gasteiger charge is 2.42. The van der Waals surface area contributed by atoms with Crippen molar-refractivity contribution in [2.75, 3.05) is 30.3 Å². The molecule has 3 nitrogen and oxygen atoms in total. The summed E-state index contributed by atoms with van der Waals surface area (Å²) < 4.78 is 61.1. The smallest absolute Gasteiger partial charge is 0.284 e. The van der Waals surface area contributed by atoms with Gasteiger partial charge in [0.2, 0.25) is 0 Å². The van der Waals surface area contributed by atoms with Gasteiger partial charge in [0.05, 0.1) is 0 Å². The van der Waals surface area contributed by atoms with Gasteiger partial charge in [0.15, 0.2) is 9.84 Å². The number of hydrogen-bond acceptors (Lipinski definition) is 4. The van der Waals surface area contributed by atoms with Gasteiger partial charge in [-0.05, 0) is 0 Å². The molecule has 108 valence electrons. The van der Waals surface area contributed by atoms with Crippen LogP contribution in [0.3, 0.4) is 0 Å². The van der Waals surface area contributed by atoms with E-state index in [0.29, 0.717) is 18.1 Å². The van der Waals surface area contributed by atoms with Crippen LogP contribution in [0.5, 0.6) is 0 Å². The van der Waals surface area contributed by atoms with Gasteiger partial charge < -0.3 is 0 Å². The van der Waals surface area contributed by atoms with Gasteiger partial charge >= 0.3 is 6.18 Å². The van der Waals surface area contributed by atoms with Crippen molar-refractivity contribution in [2.24, 2.45) is 0 Å². The number of hydrogen-bond donors (Lipinski definition) is 0. The molecule has 2 unspecified atom stereocenters. The second-order valence-corrected chi connectivity index (χ2v) is 8.69. The van der Waals surface area contributed by atoms with Gasteiger partial charge in [0.1, 0.15) is 10.2 Å². The molecule has 2 atom stereocenters. The van der Waals surface area contributed by atoms with E-state index in [0.717, 1.165) is 0 Å². The van der Waals surface area contributed by atoms with Gasteiger partial charge in [-0.15, -0.1) is 0 Å². The van der Waals surface area contributed by atoms with Crippen LogP contribution >= 0.6 is 27.7 Å². The quantitative estimate of drug-likeness (QED) is 0.711. The number of nitrogens with zero attached hydrogens (tertiary/aromatic N) is 1. The first-order valence-corrected chi connectivity index (χ1v) is 9.21. The van der Waals surface area contributed by atoms with Crippen molar-refractivity contribution in [3.05, 3.63) is 0 Å². The first-order valence-electron chi connectivity index (χ1n) is 5.42. The average Bonchev–Trinajstić information content (AvgIpc) is 2.28. The van der Waals surface area contributed by atoms with Gasteiger partial charge in [0.25, 0.3) is 0 Å². The van der Waals surface area contributed by atoms with Crippen molar-refractivity contribution >= 4 is 37.5 Å². The molecule has 0 aromatic heterocycles. The van der Waals surface area contributed by atoms with E-state index < -0.39 is 26.2 Å². The molecule has 0 spiro atoms. The van der Waals surface area contributed by atoms with Crippen molar-refractivity contribution in [1.82, 2.24) is 4.90 Å². The molecule has 0 aliphatic carbocycles. The SMILES string of the molecule is CCS(=O)(=O)C1CSCCN1CC(Br)C(F)(F)F. The fourth-order valence-electron chi connectivity index (χ4n) is 1.66. The Balaban J connectivity index is 2.78. The summed E-state index contributed by atoms with van der Waals surface area (Å²) in [5.74, 6) is 0.953. The van der Waals surface area contributed by atoms with Crippen LogP contribution in [-0.2, 0) is 9.84 Å². The lowest BCUT2D eigenvalue weighted by Crippen LogP contribution is -2.51. The minimum Gasteiger partial charge on any atom is -0.284 e. The summed E-state index contributed by atoms with van der Waals surface area (Å²) >= 11 is 4.05. The summed E-state index contributed by atoms with van der Waals surface area (Å²) in [6.45, 7) is 1.56. The fraction of sp³-hybridized carbons (Fsp3) is 1.00. The Morgan fingerprint density at radius 1 is 1.50 bits per heavy atom. The summed E-state index contributed by atoms with van der Waals surface area (Å²) in [6, 6.07) is 0. The average molecular weight is 370 g/mol. The molecule has 1 heterocycles. The van der Waals surface area contributed by atoms with Crippen LogP contribution in [0.25, 0.3) is 0 Å². The Kier molecular flexibility index (Phi) is 5.82. The number of halogens is 4. The third-order valence-electron chi connectivity index (χ3n) is 2.76. The lowest BCUT2D eigenvalue weighted by molar-refractivity contribution is -0.130. The second-order valence-electron chi connectivity index (χ2n) is 3.99. The lowest BCUT2D eigenvalue weighted by Gasteiger charge is -2.36. The largest absolute Gasteiger partial charge is 0.402 e. The van der Waals surface area contributed by atoms with Crippen LogP contribution in [0, 0.1) is 0 Å². The molecule has 0 saturated carbocycles. The maximum Gasteiger partial charge on any atom is 0.402 e. The topological polar surface area (TPSA) is 37.4 Å². The zero-order chi connectivity index (χ0) is 14.0. The summed E-state index contributed by atoms with van der Waals surface area (Å²) in [7, 11) is -3.34. The third kappa shape index (κ3) is 4.28. The maximum atomic E-state index is 12.5. The highest BCUT2D eigenvalue weighted by atomic mass is 79.9. The number of rotatable bonds is 4. The Morgan fingerprint density at radius 2 is 2.11 bits per heavy atom. The van der Waals surface area contributed by atoms with E-state index in [4.69, 9.17) is 0 Å². The van der Waals surface area contributed by atoms with Crippen molar-refractivity contribution in [3.8, 4) is 0 Å². The Morgan fingerprint density at radius 3 is 2.61 bits per heavy atom. The van der Waals surface area contributed by atoms with Gasteiger partial charge in [-0.3, -0.25) is 4.90 Å². The van der Waals surface area contributed by atoms with Crippen molar-refractivity contribution < 1.29 is 21.6 Å². The van der Waals surface area contributed by atoms with Crippen LogP contribution in [-0.4, -0.2) is 60.0 Å². The zero-order valence-corrected chi connectivity index (χ0v) is 13.0. The van der Waals surface area contributed by atoms with E-state index >= 15 is 0 Å². The number of alkyl halides is 4. The highest BCUT2D eigenvalue weighted by molar-refractivity contribution is 9.09. The molecule has 1 saturated heterocycles. The van der Waals surface area contributed by atoms with Crippen LogP contribution in [0.2, 0.25) is 0 Å². The molecule has 0 N–H and O–H groups in total. The minimum atomic E-state index is -4.36. The number of thioether (sulfide) groups is 1. The molecule has 0 radical (unpaired) electrons. The Labute approximate surface area is 118 Å². The van der Waals surface area contributed by atoms with E-state index in [1.165, 1.54) is 23.6 Å². The standard InChI is InChI=1S/C9H15BrF3NO2S2/c1-2-18(15,16)8-6-17-4-3-14(8)5-7(10)9(11,12)13/h7-8H,2-6H2,1H3. The van der Waals surface area contributed by atoms with Crippen LogP contribution in [0.15, 0.2) is 0 Å². The lowest BCUT2D eigenvalue weighted by atomic mass is 10.3.